The first-order valence-corrected chi connectivity index (χ1v) is 9.74. The van der Waals surface area contributed by atoms with E-state index < -0.39 is 16.1 Å². The smallest absolute Gasteiger partial charge is 0.367 e. The summed E-state index contributed by atoms with van der Waals surface area (Å²) in [5.74, 6) is -0.273. The molecule has 0 spiro atoms. The summed E-state index contributed by atoms with van der Waals surface area (Å²) in [5, 5.41) is 3.29. The van der Waals surface area contributed by atoms with E-state index in [2.05, 4.69) is 9.44 Å². The predicted molar refractivity (Wildman–Crippen MR) is 97.6 cm³/mol. The van der Waals surface area contributed by atoms with Gasteiger partial charge in [-0.2, -0.15) is 8.42 Å². The van der Waals surface area contributed by atoms with Crippen molar-refractivity contribution in [2.75, 3.05) is 13.7 Å². The third kappa shape index (κ3) is 5.50. The zero-order valence-electron chi connectivity index (χ0n) is 14.1. The molecule has 0 amide bonds. The van der Waals surface area contributed by atoms with Crippen molar-refractivity contribution in [3.8, 4) is 5.75 Å². The van der Waals surface area contributed by atoms with Gasteiger partial charge in [-0.15, -0.1) is 0 Å². The Labute approximate surface area is 156 Å². The van der Waals surface area contributed by atoms with Crippen LogP contribution in [0.15, 0.2) is 69.5 Å². The molecule has 0 saturated carbocycles. The minimum Gasteiger partial charge on any atom is -0.497 e. The third-order valence-corrected chi connectivity index (χ3v) is 5.04. The average Bonchev–Trinajstić information content (AvgIpc) is 2.66. The van der Waals surface area contributed by atoms with Gasteiger partial charge >= 0.3 is 16.1 Å². The number of hydrogen-bond donors (Lipinski definition) is 0. The second-order valence-corrected chi connectivity index (χ2v) is 7.33. The summed E-state index contributed by atoms with van der Waals surface area (Å²) in [6.45, 7) is 1.76. The Morgan fingerprint density at radius 1 is 1.08 bits per heavy atom. The quantitative estimate of drug-likeness (QED) is 0.244. The Morgan fingerprint density at radius 3 is 2.31 bits per heavy atom. The van der Waals surface area contributed by atoms with E-state index in [1.165, 1.54) is 31.4 Å². The van der Waals surface area contributed by atoms with E-state index in [9.17, 15) is 13.2 Å². The molecule has 0 atom stereocenters. The maximum absolute atomic E-state index is 12.2. The van der Waals surface area contributed by atoms with E-state index in [0.29, 0.717) is 10.6 Å². The molecule has 0 N–H and O–H groups in total. The van der Waals surface area contributed by atoms with Crippen LogP contribution in [0.3, 0.4) is 0 Å². The highest BCUT2D eigenvalue weighted by molar-refractivity contribution is 8.15. The highest BCUT2D eigenvalue weighted by atomic mass is 32.2. The van der Waals surface area contributed by atoms with Crippen molar-refractivity contribution >= 4 is 32.9 Å². The fourth-order valence-electron chi connectivity index (χ4n) is 1.76. The van der Waals surface area contributed by atoms with Crippen LogP contribution < -0.4 is 4.74 Å². The van der Waals surface area contributed by atoms with Crippen molar-refractivity contribution in [1.29, 1.82) is 0 Å². The standard InChI is InChI=1S/C17H17NO6S2/c1-3-23-17(19)16(25-14-7-5-4-6-8-14)18-24-26(20,21)15-11-9-13(22-2)10-12-15/h4-12H,3H2,1-2H3/b18-16-. The first-order valence-electron chi connectivity index (χ1n) is 7.52. The zero-order valence-corrected chi connectivity index (χ0v) is 15.7. The summed E-state index contributed by atoms with van der Waals surface area (Å²) in [7, 11) is -2.72. The van der Waals surface area contributed by atoms with Gasteiger partial charge in [-0.25, -0.2) is 4.79 Å². The molecule has 2 rings (SSSR count). The molecule has 0 radical (unpaired) electrons. The minimum atomic E-state index is -4.19. The van der Waals surface area contributed by atoms with Crippen molar-refractivity contribution in [1.82, 2.24) is 0 Å². The topological polar surface area (TPSA) is 91.3 Å². The van der Waals surface area contributed by atoms with Crippen LogP contribution in [0.2, 0.25) is 0 Å². The molecule has 0 fully saturated rings. The first-order chi connectivity index (χ1) is 12.5. The van der Waals surface area contributed by atoms with Crippen molar-refractivity contribution < 1.29 is 27.0 Å². The Balaban J connectivity index is 2.23. The molecule has 9 heteroatoms. The van der Waals surface area contributed by atoms with Crippen LogP contribution in [-0.4, -0.2) is 33.1 Å². The summed E-state index contributed by atoms with van der Waals surface area (Å²) in [4.78, 5) is 12.6. The Hall–Kier alpha value is -2.52. The maximum atomic E-state index is 12.2. The lowest BCUT2D eigenvalue weighted by Gasteiger charge is -2.07. The molecule has 0 aliphatic carbocycles. The Morgan fingerprint density at radius 2 is 1.73 bits per heavy atom. The largest absolute Gasteiger partial charge is 0.497 e. The molecule has 138 valence electrons. The molecular formula is C17H17NO6S2. The third-order valence-electron chi connectivity index (χ3n) is 2.97. The van der Waals surface area contributed by atoms with E-state index in [0.717, 1.165) is 11.8 Å². The van der Waals surface area contributed by atoms with Gasteiger partial charge in [0.25, 0.3) is 0 Å². The molecule has 0 bridgehead atoms. The highest BCUT2D eigenvalue weighted by Gasteiger charge is 2.20. The Kier molecular flexibility index (Phi) is 7.05. The minimum absolute atomic E-state index is 0.116. The molecule has 26 heavy (non-hydrogen) atoms. The highest BCUT2D eigenvalue weighted by Crippen LogP contribution is 2.22. The van der Waals surface area contributed by atoms with Gasteiger partial charge in [0.1, 0.15) is 10.6 Å². The Bertz CT molecular complexity index is 864. The molecule has 0 aliphatic rings. The molecule has 0 aromatic heterocycles. The number of ether oxygens (including phenoxy) is 2. The van der Waals surface area contributed by atoms with Gasteiger partial charge < -0.3 is 9.47 Å². The van der Waals surface area contributed by atoms with Crippen LogP contribution >= 0.6 is 11.8 Å². The lowest BCUT2D eigenvalue weighted by Crippen LogP contribution is -2.16. The average molecular weight is 395 g/mol. The van der Waals surface area contributed by atoms with Crippen molar-refractivity contribution in [3.05, 3.63) is 54.6 Å². The number of methoxy groups -OCH3 is 1. The SMILES string of the molecule is CCOC(=O)/C(=N/OS(=O)(=O)c1ccc(OC)cc1)Sc1ccccc1. The van der Waals surface area contributed by atoms with E-state index >= 15 is 0 Å². The molecule has 0 aliphatic heterocycles. The summed E-state index contributed by atoms with van der Waals surface area (Å²) in [5.41, 5.74) is 0. The number of benzene rings is 2. The normalized spacial score (nSPS) is 11.7. The van der Waals surface area contributed by atoms with E-state index in [-0.39, 0.29) is 16.5 Å². The molecular weight excluding hydrogens is 378 g/mol. The van der Waals surface area contributed by atoms with Crippen LogP contribution in [0.1, 0.15) is 6.92 Å². The van der Waals surface area contributed by atoms with E-state index in [1.54, 1.807) is 31.2 Å². The number of carbonyl (C=O) groups excluding carboxylic acids is 1. The number of nitrogens with zero attached hydrogens (tertiary/aromatic N) is 1. The van der Waals surface area contributed by atoms with Crippen LogP contribution in [0.4, 0.5) is 0 Å². The fraction of sp³-hybridized carbons (Fsp3) is 0.176. The lowest BCUT2D eigenvalue weighted by atomic mass is 10.3. The van der Waals surface area contributed by atoms with Crippen molar-refractivity contribution in [2.24, 2.45) is 5.16 Å². The van der Waals surface area contributed by atoms with Gasteiger partial charge in [-0.1, -0.05) is 35.1 Å². The van der Waals surface area contributed by atoms with Gasteiger partial charge in [-0.05, 0) is 43.3 Å². The molecule has 7 nitrogen and oxygen atoms in total. The molecule has 2 aromatic carbocycles. The molecule has 0 heterocycles. The van der Waals surface area contributed by atoms with E-state index in [1.807, 2.05) is 6.07 Å². The zero-order chi connectivity index (χ0) is 19.0. The predicted octanol–water partition coefficient (Wildman–Crippen LogP) is 3.07. The number of oxime groups is 1. The fourth-order valence-corrected chi connectivity index (χ4v) is 3.27. The monoisotopic (exact) mass is 395 g/mol. The van der Waals surface area contributed by atoms with Crippen molar-refractivity contribution in [3.63, 3.8) is 0 Å². The van der Waals surface area contributed by atoms with Crippen LogP contribution in [0.25, 0.3) is 0 Å². The summed E-state index contributed by atoms with van der Waals surface area (Å²) in [6, 6.07) is 14.5. The second-order valence-electron chi connectivity index (χ2n) is 4.74. The number of carbonyl (C=O) groups is 1. The van der Waals surface area contributed by atoms with Crippen molar-refractivity contribution in [2.45, 2.75) is 16.7 Å². The number of hydrogen-bond acceptors (Lipinski definition) is 8. The molecule has 2 aromatic rings. The van der Waals surface area contributed by atoms with Gasteiger partial charge in [-0.3, -0.25) is 4.28 Å². The van der Waals surface area contributed by atoms with Crippen LogP contribution in [0, 0.1) is 0 Å². The lowest BCUT2D eigenvalue weighted by molar-refractivity contribution is -0.134. The van der Waals surface area contributed by atoms with Gasteiger partial charge in [0.15, 0.2) is 0 Å². The summed E-state index contributed by atoms with van der Waals surface area (Å²) >= 11 is 0.945. The van der Waals surface area contributed by atoms with Crippen LogP contribution in [0.5, 0.6) is 5.75 Å². The first kappa shape index (κ1) is 19.8. The number of rotatable bonds is 6. The van der Waals surface area contributed by atoms with E-state index in [4.69, 9.17) is 9.47 Å². The van der Waals surface area contributed by atoms with Crippen LogP contribution in [-0.2, 0) is 23.9 Å². The van der Waals surface area contributed by atoms with Gasteiger partial charge in [0, 0.05) is 4.90 Å². The number of esters is 1. The molecule has 0 unspecified atom stereocenters. The summed E-state index contributed by atoms with van der Waals surface area (Å²) in [6.07, 6.45) is 0. The van der Waals surface area contributed by atoms with Gasteiger partial charge in [0.2, 0.25) is 5.04 Å². The summed E-state index contributed by atoms with van der Waals surface area (Å²) < 4.78 is 39.0. The van der Waals surface area contributed by atoms with Gasteiger partial charge in [0.05, 0.1) is 13.7 Å². The molecule has 0 saturated heterocycles. The second kappa shape index (κ2) is 9.25. The number of thioether (sulfide) groups is 1. The maximum Gasteiger partial charge on any atom is 0.367 e.